The Kier molecular flexibility index (Phi) is 4.83. The quantitative estimate of drug-likeness (QED) is 0.885. The van der Waals surface area contributed by atoms with Crippen molar-refractivity contribution in [3.63, 3.8) is 0 Å². The van der Waals surface area contributed by atoms with Gasteiger partial charge in [0.05, 0.1) is 11.8 Å². The highest BCUT2D eigenvalue weighted by Crippen LogP contribution is 2.43. The van der Waals surface area contributed by atoms with Gasteiger partial charge in [0.2, 0.25) is 11.8 Å². The van der Waals surface area contributed by atoms with E-state index in [1.165, 1.54) is 0 Å². The van der Waals surface area contributed by atoms with Crippen LogP contribution in [0.25, 0.3) is 0 Å². The molecule has 134 valence electrons. The van der Waals surface area contributed by atoms with Gasteiger partial charge in [0.1, 0.15) is 0 Å². The molecule has 0 aromatic carbocycles. The van der Waals surface area contributed by atoms with Gasteiger partial charge in [0, 0.05) is 11.8 Å². The molecule has 24 heavy (non-hydrogen) atoms. The van der Waals surface area contributed by atoms with Crippen molar-refractivity contribution in [2.75, 3.05) is 0 Å². The monoisotopic (exact) mass is 346 g/mol. The maximum absolute atomic E-state index is 12.7. The molecule has 0 unspecified atom stereocenters. The van der Waals surface area contributed by atoms with Crippen LogP contribution < -0.4 is 0 Å². The van der Waals surface area contributed by atoms with E-state index in [1.54, 1.807) is 0 Å². The summed E-state index contributed by atoms with van der Waals surface area (Å²) in [4.78, 5) is 11.0. The first kappa shape index (κ1) is 17.2. The molecular weight excluding hydrogens is 325 g/mol. The third kappa shape index (κ3) is 3.72. The molecule has 0 bridgehead atoms. The average Bonchev–Trinajstić information content (AvgIpc) is 3.04. The van der Waals surface area contributed by atoms with E-state index >= 15 is 0 Å². The van der Waals surface area contributed by atoms with Crippen LogP contribution in [0.15, 0.2) is 4.42 Å². The summed E-state index contributed by atoms with van der Waals surface area (Å²) in [5, 5.41) is 17.1. The van der Waals surface area contributed by atoms with Crippen LogP contribution in [-0.2, 0) is 4.79 Å². The number of carboxylic acid groups (broad SMARTS) is 1. The van der Waals surface area contributed by atoms with Gasteiger partial charge in [-0.15, -0.1) is 10.2 Å². The first-order chi connectivity index (χ1) is 11.3. The minimum absolute atomic E-state index is 0.0633. The number of rotatable bonds is 3. The third-order valence-corrected chi connectivity index (χ3v) is 5.42. The molecule has 0 atom stereocenters. The lowest BCUT2D eigenvalue weighted by Crippen LogP contribution is -2.27. The summed E-state index contributed by atoms with van der Waals surface area (Å²) >= 11 is 0. The maximum atomic E-state index is 12.7. The summed E-state index contributed by atoms with van der Waals surface area (Å²) in [6.45, 7) is 0. The summed E-state index contributed by atoms with van der Waals surface area (Å²) in [5.74, 6) is -1.38. The maximum Gasteiger partial charge on any atom is 0.391 e. The summed E-state index contributed by atoms with van der Waals surface area (Å²) in [7, 11) is 0. The van der Waals surface area contributed by atoms with Crippen LogP contribution in [0.3, 0.4) is 0 Å². The SMILES string of the molecule is O=C(O)C1CCC(c2nnc(C3CCC(C(F)(F)F)CC3)o2)CC1. The van der Waals surface area contributed by atoms with Crippen LogP contribution in [0.2, 0.25) is 0 Å². The Morgan fingerprint density at radius 3 is 1.79 bits per heavy atom. The van der Waals surface area contributed by atoms with Crippen LogP contribution >= 0.6 is 0 Å². The molecule has 0 amide bonds. The highest BCUT2D eigenvalue weighted by atomic mass is 19.4. The van der Waals surface area contributed by atoms with Gasteiger partial charge in [-0.25, -0.2) is 0 Å². The zero-order chi connectivity index (χ0) is 17.3. The Bertz CT molecular complexity index is 571. The van der Waals surface area contributed by atoms with Crippen LogP contribution in [-0.4, -0.2) is 27.4 Å². The molecule has 1 N–H and O–H groups in total. The molecule has 2 saturated carbocycles. The van der Waals surface area contributed by atoms with Crippen molar-refractivity contribution in [1.29, 1.82) is 0 Å². The first-order valence-corrected chi connectivity index (χ1v) is 8.47. The average molecular weight is 346 g/mol. The van der Waals surface area contributed by atoms with Gasteiger partial charge in [-0.05, 0) is 51.4 Å². The van der Waals surface area contributed by atoms with E-state index in [1.807, 2.05) is 0 Å². The van der Waals surface area contributed by atoms with Gasteiger partial charge in [-0.2, -0.15) is 13.2 Å². The van der Waals surface area contributed by atoms with Gasteiger partial charge >= 0.3 is 12.1 Å². The number of carboxylic acids is 1. The number of aliphatic carboxylic acids is 1. The number of nitrogens with zero attached hydrogens (tertiary/aromatic N) is 2. The van der Waals surface area contributed by atoms with Gasteiger partial charge < -0.3 is 9.52 Å². The number of carbonyl (C=O) groups is 1. The van der Waals surface area contributed by atoms with E-state index in [0.29, 0.717) is 50.3 Å². The fourth-order valence-electron chi connectivity index (χ4n) is 3.83. The van der Waals surface area contributed by atoms with Crippen molar-refractivity contribution < 1.29 is 27.5 Å². The molecule has 5 nitrogen and oxygen atoms in total. The highest BCUT2D eigenvalue weighted by Gasteiger charge is 2.42. The van der Waals surface area contributed by atoms with Crippen LogP contribution in [0.4, 0.5) is 13.2 Å². The van der Waals surface area contributed by atoms with Crippen LogP contribution in [0, 0.1) is 11.8 Å². The van der Waals surface area contributed by atoms with E-state index in [9.17, 15) is 18.0 Å². The number of hydrogen-bond acceptors (Lipinski definition) is 4. The second-order valence-corrected chi connectivity index (χ2v) is 6.96. The molecule has 8 heteroatoms. The Morgan fingerprint density at radius 1 is 0.917 bits per heavy atom. The van der Waals surface area contributed by atoms with Gasteiger partial charge in [0.25, 0.3) is 0 Å². The predicted molar refractivity (Wildman–Crippen MR) is 77.4 cm³/mol. The smallest absolute Gasteiger partial charge is 0.391 e. The normalized spacial score (nSPS) is 31.8. The van der Waals surface area contributed by atoms with Crippen molar-refractivity contribution in [3.8, 4) is 0 Å². The third-order valence-electron chi connectivity index (χ3n) is 5.42. The molecule has 0 radical (unpaired) electrons. The lowest BCUT2D eigenvalue weighted by molar-refractivity contribution is -0.182. The zero-order valence-electron chi connectivity index (χ0n) is 13.3. The summed E-state index contributed by atoms with van der Waals surface area (Å²) in [5.41, 5.74) is 0. The zero-order valence-corrected chi connectivity index (χ0v) is 13.3. The molecule has 0 spiro atoms. The molecule has 1 aromatic rings. The second kappa shape index (κ2) is 6.72. The van der Waals surface area contributed by atoms with Crippen molar-refractivity contribution >= 4 is 5.97 Å². The standard InChI is InChI=1S/C16H21F3N2O3/c17-16(18,19)12-7-5-10(6-8-12)14-21-20-13(24-14)9-1-3-11(4-2-9)15(22)23/h9-12H,1-8H2,(H,22,23). The molecule has 2 aliphatic carbocycles. The summed E-state index contributed by atoms with van der Waals surface area (Å²) in [6.07, 6.45) is -0.504. The van der Waals surface area contributed by atoms with E-state index in [0.717, 1.165) is 0 Å². The Morgan fingerprint density at radius 2 is 1.38 bits per heavy atom. The number of hydrogen-bond donors (Lipinski definition) is 1. The topological polar surface area (TPSA) is 76.2 Å². The van der Waals surface area contributed by atoms with Crippen LogP contribution in [0.5, 0.6) is 0 Å². The molecule has 2 fully saturated rings. The van der Waals surface area contributed by atoms with E-state index < -0.39 is 18.1 Å². The summed E-state index contributed by atoms with van der Waals surface area (Å²) < 4.78 is 43.9. The first-order valence-electron chi connectivity index (χ1n) is 8.47. The molecule has 2 aliphatic rings. The van der Waals surface area contributed by atoms with Gasteiger partial charge in [-0.1, -0.05) is 0 Å². The fourth-order valence-corrected chi connectivity index (χ4v) is 3.83. The molecule has 0 saturated heterocycles. The van der Waals surface area contributed by atoms with Crippen molar-refractivity contribution in [2.24, 2.45) is 11.8 Å². The molecule has 3 rings (SSSR count). The Balaban J connectivity index is 1.56. The van der Waals surface area contributed by atoms with E-state index in [2.05, 4.69) is 10.2 Å². The van der Waals surface area contributed by atoms with Gasteiger partial charge in [0.15, 0.2) is 0 Å². The van der Waals surface area contributed by atoms with Crippen molar-refractivity contribution in [1.82, 2.24) is 10.2 Å². The molecular formula is C16H21F3N2O3. The second-order valence-electron chi connectivity index (χ2n) is 6.96. The number of halogens is 3. The summed E-state index contributed by atoms with van der Waals surface area (Å²) in [6, 6.07) is 0. The molecule has 0 aliphatic heterocycles. The minimum atomic E-state index is -4.12. The Labute approximate surface area is 137 Å². The molecule has 1 aromatic heterocycles. The van der Waals surface area contributed by atoms with E-state index in [-0.39, 0.29) is 30.6 Å². The number of alkyl halides is 3. The van der Waals surface area contributed by atoms with Crippen LogP contribution in [0.1, 0.15) is 75.0 Å². The minimum Gasteiger partial charge on any atom is -0.481 e. The van der Waals surface area contributed by atoms with Crippen molar-refractivity contribution in [2.45, 2.75) is 69.4 Å². The van der Waals surface area contributed by atoms with Crippen molar-refractivity contribution in [3.05, 3.63) is 11.8 Å². The number of aromatic nitrogens is 2. The predicted octanol–water partition coefficient (Wildman–Crippen LogP) is 4.26. The molecule has 1 heterocycles. The Hall–Kier alpha value is -1.60. The highest BCUT2D eigenvalue weighted by molar-refractivity contribution is 5.70. The lowest BCUT2D eigenvalue weighted by atomic mass is 9.81. The van der Waals surface area contributed by atoms with Gasteiger partial charge in [-0.3, -0.25) is 4.79 Å². The fraction of sp³-hybridized carbons (Fsp3) is 0.812. The largest absolute Gasteiger partial charge is 0.481 e. The van der Waals surface area contributed by atoms with E-state index in [4.69, 9.17) is 9.52 Å². The lowest BCUT2D eigenvalue weighted by Gasteiger charge is -2.28.